The van der Waals surface area contributed by atoms with Crippen LogP contribution in [0.4, 0.5) is 10.3 Å². The summed E-state index contributed by atoms with van der Waals surface area (Å²) in [6, 6.07) is 10.2. The van der Waals surface area contributed by atoms with E-state index in [9.17, 15) is 4.39 Å². The number of hydrogen-bond acceptors (Lipinski definition) is 3. The highest BCUT2D eigenvalue weighted by Crippen LogP contribution is 2.19. The molecule has 0 amide bonds. The van der Waals surface area contributed by atoms with E-state index in [1.165, 1.54) is 12.1 Å². The van der Waals surface area contributed by atoms with Crippen molar-refractivity contribution in [2.75, 3.05) is 12.4 Å². The number of imidazole rings is 1. The van der Waals surface area contributed by atoms with Gasteiger partial charge in [0.05, 0.1) is 6.54 Å². The molecule has 4 nitrogen and oxygen atoms in total. The predicted molar refractivity (Wildman–Crippen MR) is 72.6 cm³/mol. The fourth-order valence-corrected chi connectivity index (χ4v) is 2.07. The molecule has 0 fully saturated rings. The molecule has 0 aliphatic heterocycles. The Kier molecular flexibility index (Phi) is 2.87. The number of aromatic nitrogens is 3. The van der Waals surface area contributed by atoms with Gasteiger partial charge in [-0.2, -0.15) is 0 Å². The standard InChI is InChI=1S/C14H13FN4/c1-16-14-18-12-3-2-8-17-13(12)19(14)9-10-4-6-11(15)7-5-10/h2-8H,9H2,1H3,(H,16,18). The first-order valence-corrected chi connectivity index (χ1v) is 6.01. The smallest absolute Gasteiger partial charge is 0.205 e. The topological polar surface area (TPSA) is 42.7 Å². The average molecular weight is 256 g/mol. The first kappa shape index (κ1) is 11.6. The van der Waals surface area contributed by atoms with E-state index in [-0.39, 0.29) is 5.82 Å². The second kappa shape index (κ2) is 4.68. The maximum absolute atomic E-state index is 12.9. The Morgan fingerprint density at radius 3 is 2.74 bits per heavy atom. The quantitative estimate of drug-likeness (QED) is 0.783. The van der Waals surface area contributed by atoms with Crippen LogP contribution in [0.1, 0.15) is 5.56 Å². The Hall–Kier alpha value is -2.43. The fourth-order valence-electron chi connectivity index (χ4n) is 2.07. The van der Waals surface area contributed by atoms with E-state index in [4.69, 9.17) is 0 Å². The third-order valence-electron chi connectivity index (χ3n) is 2.98. The number of nitrogens with one attached hydrogen (secondary N) is 1. The predicted octanol–water partition coefficient (Wildman–Crippen LogP) is 2.66. The zero-order valence-corrected chi connectivity index (χ0v) is 10.5. The molecule has 2 heterocycles. The molecule has 96 valence electrons. The van der Waals surface area contributed by atoms with Gasteiger partial charge >= 0.3 is 0 Å². The summed E-state index contributed by atoms with van der Waals surface area (Å²) in [4.78, 5) is 8.81. The molecule has 0 aliphatic rings. The molecule has 0 radical (unpaired) electrons. The minimum atomic E-state index is -0.230. The van der Waals surface area contributed by atoms with Crippen LogP contribution in [-0.2, 0) is 6.54 Å². The van der Waals surface area contributed by atoms with E-state index < -0.39 is 0 Å². The van der Waals surface area contributed by atoms with Gasteiger partial charge in [-0.15, -0.1) is 0 Å². The third kappa shape index (κ3) is 2.14. The van der Waals surface area contributed by atoms with Crippen molar-refractivity contribution in [1.29, 1.82) is 0 Å². The second-order valence-corrected chi connectivity index (χ2v) is 4.24. The van der Waals surface area contributed by atoms with Gasteiger partial charge in [-0.3, -0.25) is 4.57 Å². The molecule has 2 aromatic heterocycles. The van der Waals surface area contributed by atoms with Crippen LogP contribution in [-0.4, -0.2) is 21.6 Å². The van der Waals surface area contributed by atoms with E-state index >= 15 is 0 Å². The van der Waals surface area contributed by atoms with Crippen LogP contribution in [0.5, 0.6) is 0 Å². The minimum absolute atomic E-state index is 0.230. The SMILES string of the molecule is CNc1nc2cccnc2n1Cc1ccc(F)cc1. The van der Waals surface area contributed by atoms with Gasteiger partial charge in [0, 0.05) is 13.2 Å². The number of halogens is 1. The maximum atomic E-state index is 12.9. The molecule has 0 saturated carbocycles. The third-order valence-corrected chi connectivity index (χ3v) is 2.98. The number of rotatable bonds is 3. The molecule has 0 atom stereocenters. The molecule has 0 spiro atoms. The van der Waals surface area contributed by atoms with E-state index in [1.807, 2.05) is 23.7 Å². The number of anilines is 1. The van der Waals surface area contributed by atoms with Crippen molar-refractivity contribution < 1.29 is 4.39 Å². The molecule has 0 saturated heterocycles. The van der Waals surface area contributed by atoms with Crippen molar-refractivity contribution in [3.63, 3.8) is 0 Å². The number of nitrogens with zero attached hydrogens (tertiary/aromatic N) is 3. The van der Waals surface area contributed by atoms with Crippen LogP contribution < -0.4 is 5.32 Å². The average Bonchev–Trinajstić information content (AvgIpc) is 2.79. The summed E-state index contributed by atoms with van der Waals surface area (Å²) in [5.74, 6) is 0.518. The molecule has 0 unspecified atom stereocenters. The van der Waals surface area contributed by atoms with E-state index in [2.05, 4.69) is 15.3 Å². The van der Waals surface area contributed by atoms with Crippen LogP contribution in [0.3, 0.4) is 0 Å². The maximum Gasteiger partial charge on any atom is 0.205 e. The number of fused-ring (bicyclic) bond motifs is 1. The van der Waals surface area contributed by atoms with Crippen molar-refractivity contribution in [3.05, 3.63) is 54.0 Å². The van der Waals surface area contributed by atoms with Crippen LogP contribution in [0.2, 0.25) is 0 Å². The normalized spacial score (nSPS) is 10.8. The molecule has 3 aromatic rings. The molecule has 0 aliphatic carbocycles. The van der Waals surface area contributed by atoms with Gasteiger partial charge in [-0.1, -0.05) is 12.1 Å². The lowest BCUT2D eigenvalue weighted by molar-refractivity contribution is 0.626. The van der Waals surface area contributed by atoms with Crippen LogP contribution in [0, 0.1) is 5.82 Å². The lowest BCUT2D eigenvalue weighted by Crippen LogP contribution is -2.05. The van der Waals surface area contributed by atoms with E-state index in [0.29, 0.717) is 6.54 Å². The van der Waals surface area contributed by atoms with Crippen molar-refractivity contribution in [2.45, 2.75) is 6.54 Å². The van der Waals surface area contributed by atoms with Gasteiger partial charge in [-0.25, -0.2) is 14.4 Å². The first-order chi connectivity index (χ1) is 9.28. The van der Waals surface area contributed by atoms with E-state index in [1.54, 1.807) is 18.3 Å². The molecule has 3 rings (SSSR count). The van der Waals surface area contributed by atoms with Crippen molar-refractivity contribution in [2.24, 2.45) is 0 Å². The Morgan fingerprint density at radius 2 is 2.00 bits per heavy atom. The van der Waals surface area contributed by atoms with Gasteiger partial charge in [0.25, 0.3) is 0 Å². The van der Waals surface area contributed by atoms with Gasteiger partial charge in [0.2, 0.25) is 5.95 Å². The van der Waals surface area contributed by atoms with Gasteiger partial charge in [0.1, 0.15) is 11.3 Å². The highest BCUT2D eigenvalue weighted by Gasteiger charge is 2.10. The van der Waals surface area contributed by atoms with Crippen LogP contribution >= 0.6 is 0 Å². The molecule has 1 N–H and O–H groups in total. The summed E-state index contributed by atoms with van der Waals surface area (Å²) in [7, 11) is 1.82. The second-order valence-electron chi connectivity index (χ2n) is 4.24. The van der Waals surface area contributed by atoms with Crippen molar-refractivity contribution in [1.82, 2.24) is 14.5 Å². The summed E-state index contributed by atoms with van der Waals surface area (Å²) in [6.07, 6.45) is 1.74. The number of pyridine rings is 1. The summed E-state index contributed by atoms with van der Waals surface area (Å²) >= 11 is 0. The van der Waals surface area contributed by atoms with Crippen molar-refractivity contribution >= 4 is 17.1 Å². The molecule has 1 aromatic carbocycles. The summed E-state index contributed by atoms with van der Waals surface area (Å²) in [5, 5.41) is 3.05. The number of benzene rings is 1. The van der Waals surface area contributed by atoms with Gasteiger partial charge in [-0.05, 0) is 29.8 Å². The Labute approximate surface area is 109 Å². The Morgan fingerprint density at radius 1 is 1.21 bits per heavy atom. The fraction of sp³-hybridized carbons (Fsp3) is 0.143. The lowest BCUT2D eigenvalue weighted by Gasteiger charge is -2.07. The lowest BCUT2D eigenvalue weighted by atomic mass is 10.2. The Bertz CT molecular complexity index is 703. The Balaban J connectivity index is 2.06. The summed E-state index contributed by atoms with van der Waals surface area (Å²) < 4.78 is 14.9. The highest BCUT2D eigenvalue weighted by molar-refractivity contribution is 5.74. The molecular weight excluding hydrogens is 243 g/mol. The molecule has 0 bridgehead atoms. The summed E-state index contributed by atoms with van der Waals surface area (Å²) in [6.45, 7) is 0.601. The van der Waals surface area contributed by atoms with E-state index in [0.717, 1.165) is 22.7 Å². The zero-order valence-electron chi connectivity index (χ0n) is 10.5. The first-order valence-electron chi connectivity index (χ1n) is 6.01. The minimum Gasteiger partial charge on any atom is -0.359 e. The monoisotopic (exact) mass is 256 g/mol. The van der Waals surface area contributed by atoms with Crippen LogP contribution in [0.25, 0.3) is 11.2 Å². The zero-order chi connectivity index (χ0) is 13.2. The largest absolute Gasteiger partial charge is 0.359 e. The molecular formula is C14H13FN4. The van der Waals surface area contributed by atoms with Gasteiger partial charge < -0.3 is 5.32 Å². The summed E-state index contributed by atoms with van der Waals surface area (Å²) in [5.41, 5.74) is 2.66. The van der Waals surface area contributed by atoms with Crippen LogP contribution in [0.15, 0.2) is 42.6 Å². The van der Waals surface area contributed by atoms with Gasteiger partial charge in [0.15, 0.2) is 5.65 Å². The molecule has 19 heavy (non-hydrogen) atoms. The van der Waals surface area contributed by atoms with Crippen molar-refractivity contribution in [3.8, 4) is 0 Å². The number of hydrogen-bond donors (Lipinski definition) is 1. The molecule has 5 heteroatoms. The highest BCUT2D eigenvalue weighted by atomic mass is 19.1.